The minimum absolute atomic E-state index is 0.951. The molecule has 2 heteroatoms. The number of benzene rings is 2. The van der Waals surface area contributed by atoms with Gasteiger partial charge in [-0.15, -0.1) is 0 Å². The van der Waals surface area contributed by atoms with Crippen LogP contribution in [-0.4, -0.2) is 9.97 Å². The Balaban J connectivity index is 2.11. The van der Waals surface area contributed by atoms with E-state index in [1.54, 1.807) is 0 Å². The van der Waals surface area contributed by atoms with Crippen LogP contribution in [0.3, 0.4) is 0 Å². The SMILES string of the molecule is CCc1cnc(-c2ccc3ccccc3c2)[nH]1. The van der Waals surface area contributed by atoms with Crippen LogP contribution in [0, 0.1) is 0 Å². The van der Waals surface area contributed by atoms with Gasteiger partial charge < -0.3 is 4.98 Å². The first kappa shape index (κ1) is 10.1. The fourth-order valence-corrected chi connectivity index (χ4v) is 2.02. The lowest BCUT2D eigenvalue weighted by Gasteiger charge is -2.00. The zero-order valence-electron chi connectivity index (χ0n) is 9.77. The third kappa shape index (κ3) is 1.82. The fourth-order valence-electron chi connectivity index (χ4n) is 2.02. The Kier molecular flexibility index (Phi) is 2.41. The van der Waals surface area contributed by atoms with Crippen LogP contribution in [0.5, 0.6) is 0 Å². The van der Waals surface area contributed by atoms with Crippen molar-refractivity contribution >= 4 is 10.8 Å². The van der Waals surface area contributed by atoms with Crippen molar-refractivity contribution in [2.45, 2.75) is 13.3 Å². The molecule has 2 aromatic carbocycles. The van der Waals surface area contributed by atoms with Crippen molar-refractivity contribution in [2.24, 2.45) is 0 Å². The summed E-state index contributed by atoms with van der Waals surface area (Å²) in [5.41, 5.74) is 2.32. The van der Waals surface area contributed by atoms with Crippen molar-refractivity contribution in [1.29, 1.82) is 0 Å². The molecule has 3 rings (SSSR count). The number of nitrogens with zero attached hydrogens (tertiary/aromatic N) is 1. The lowest BCUT2D eigenvalue weighted by atomic mass is 10.1. The standard InChI is InChI=1S/C15H14N2/c1-2-14-10-16-15(17-14)13-8-7-11-5-3-4-6-12(11)9-13/h3-10H,2H2,1H3,(H,16,17). The van der Waals surface area contributed by atoms with E-state index in [0.29, 0.717) is 0 Å². The van der Waals surface area contributed by atoms with Crippen LogP contribution in [0.15, 0.2) is 48.7 Å². The molecular weight excluding hydrogens is 208 g/mol. The highest BCUT2D eigenvalue weighted by Gasteiger charge is 2.03. The molecule has 0 radical (unpaired) electrons. The maximum atomic E-state index is 4.41. The van der Waals surface area contributed by atoms with Crippen molar-refractivity contribution in [3.05, 3.63) is 54.4 Å². The van der Waals surface area contributed by atoms with E-state index in [1.165, 1.54) is 16.5 Å². The number of fused-ring (bicyclic) bond motifs is 1. The molecule has 0 aliphatic carbocycles. The molecule has 0 unspecified atom stereocenters. The molecule has 0 fully saturated rings. The Morgan fingerprint density at radius 2 is 1.88 bits per heavy atom. The van der Waals surface area contributed by atoms with E-state index in [2.05, 4.69) is 59.4 Å². The molecule has 0 spiro atoms. The average Bonchev–Trinajstić information content (AvgIpc) is 2.87. The van der Waals surface area contributed by atoms with Gasteiger partial charge in [0.15, 0.2) is 0 Å². The van der Waals surface area contributed by atoms with Crippen LogP contribution in [0.25, 0.3) is 22.2 Å². The predicted molar refractivity (Wildman–Crippen MR) is 70.9 cm³/mol. The summed E-state index contributed by atoms with van der Waals surface area (Å²) < 4.78 is 0. The summed E-state index contributed by atoms with van der Waals surface area (Å²) in [6.45, 7) is 2.12. The molecule has 0 aliphatic rings. The Labute approximate surface area is 100 Å². The summed E-state index contributed by atoms with van der Waals surface area (Å²) in [6, 6.07) is 14.8. The Morgan fingerprint density at radius 1 is 1.06 bits per heavy atom. The van der Waals surface area contributed by atoms with Crippen molar-refractivity contribution in [3.8, 4) is 11.4 Å². The number of hydrogen-bond acceptors (Lipinski definition) is 1. The summed E-state index contributed by atoms with van der Waals surface area (Å²) in [5.74, 6) is 0.951. The molecule has 1 N–H and O–H groups in total. The van der Waals surface area contributed by atoms with Crippen molar-refractivity contribution < 1.29 is 0 Å². The van der Waals surface area contributed by atoms with Crippen molar-refractivity contribution in [2.75, 3.05) is 0 Å². The number of aromatic nitrogens is 2. The van der Waals surface area contributed by atoms with Gasteiger partial charge in [-0.2, -0.15) is 0 Å². The molecule has 84 valence electrons. The molecule has 3 aromatic rings. The lowest BCUT2D eigenvalue weighted by molar-refractivity contribution is 1.07. The van der Waals surface area contributed by atoms with Gasteiger partial charge in [0.2, 0.25) is 0 Å². The Hall–Kier alpha value is -2.09. The first-order valence-corrected chi connectivity index (χ1v) is 5.90. The number of imidazole rings is 1. The smallest absolute Gasteiger partial charge is 0.137 e. The first-order chi connectivity index (χ1) is 8.36. The maximum absolute atomic E-state index is 4.41. The molecule has 0 aliphatic heterocycles. The third-order valence-electron chi connectivity index (χ3n) is 3.03. The zero-order valence-corrected chi connectivity index (χ0v) is 9.77. The van der Waals surface area contributed by atoms with Gasteiger partial charge in [0.05, 0.1) is 0 Å². The molecule has 1 heterocycles. The fraction of sp³-hybridized carbons (Fsp3) is 0.133. The van der Waals surface area contributed by atoms with Gasteiger partial charge in [0.1, 0.15) is 5.82 Å². The highest BCUT2D eigenvalue weighted by atomic mass is 14.9. The van der Waals surface area contributed by atoms with Gasteiger partial charge in [0.25, 0.3) is 0 Å². The van der Waals surface area contributed by atoms with E-state index < -0.39 is 0 Å². The second kappa shape index (κ2) is 4.06. The first-order valence-electron chi connectivity index (χ1n) is 5.90. The molecule has 0 amide bonds. The normalized spacial score (nSPS) is 10.9. The Morgan fingerprint density at radius 3 is 2.65 bits per heavy atom. The topological polar surface area (TPSA) is 28.7 Å². The van der Waals surface area contributed by atoms with Crippen LogP contribution >= 0.6 is 0 Å². The number of hydrogen-bond donors (Lipinski definition) is 1. The molecule has 0 saturated heterocycles. The molecule has 2 nitrogen and oxygen atoms in total. The van der Waals surface area contributed by atoms with Crippen molar-refractivity contribution in [3.63, 3.8) is 0 Å². The molecule has 0 atom stereocenters. The van der Waals surface area contributed by atoms with Crippen LogP contribution in [0.4, 0.5) is 0 Å². The largest absolute Gasteiger partial charge is 0.342 e. The zero-order chi connectivity index (χ0) is 11.7. The lowest BCUT2D eigenvalue weighted by Crippen LogP contribution is -1.82. The minimum Gasteiger partial charge on any atom is -0.342 e. The number of rotatable bonds is 2. The quantitative estimate of drug-likeness (QED) is 0.702. The van der Waals surface area contributed by atoms with Crippen LogP contribution in [-0.2, 0) is 6.42 Å². The van der Waals surface area contributed by atoms with E-state index >= 15 is 0 Å². The van der Waals surface area contributed by atoms with Gasteiger partial charge in [-0.25, -0.2) is 4.98 Å². The number of H-pyrrole nitrogens is 1. The van der Waals surface area contributed by atoms with Crippen LogP contribution < -0.4 is 0 Å². The number of nitrogens with one attached hydrogen (secondary N) is 1. The summed E-state index contributed by atoms with van der Waals surface area (Å²) in [4.78, 5) is 7.74. The van der Waals surface area contributed by atoms with Crippen LogP contribution in [0.1, 0.15) is 12.6 Å². The second-order valence-corrected chi connectivity index (χ2v) is 4.17. The predicted octanol–water partition coefficient (Wildman–Crippen LogP) is 3.79. The molecule has 17 heavy (non-hydrogen) atoms. The average molecular weight is 222 g/mol. The second-order valence-electron chi connectivity index (χ2n) is 4.17. The van der Waals surface area contributed by atoms with Crippen LogP contribution in [0.2, 0.25) is 0 Å². The Bertz CT molecular complexity index is 653. The van der Waals surface area contributed by atoms with E-state index in [9.17, 15) is 0 Å². The van der Waals surface area contributed by atoms with E-state index in [1.807, 2.05) is 6.20 Å². The summed E-state index contributed by atoms with van der Waals surface area (Å²) >= 11 is 0. The maximum Gasteiger partial charge on any atom is 0.137 e. The summed E-state index contributed by atoms with van der Waals surface area (Å²) in [5, 5.41) is 2.51. The van der Waals surface area contributed by atoms with Gasteiger partial charge in [-0.1, -0.05) is 43.3 Å². The summed E-state index contributed by atoms with van der Waals surface area (Å²) in [6.07, 6.45) is 2.89. The number of aromatic amines is 1. The highest BCUT2D eigenvalue weighted by molar-refractivity contribution is 5.86. The molecular formula is C15H14N2. The molecule has 0 saturated carbocycles. The van der Waals surface area contributed by atoms with Gasteiger partial charge in [-0.3, -0.25) is 0 Å². The third-order valence-corrected chi connectivity index (χ3v) is 3.03. The van der Waals surface area contributed by atoms with E-state index in [4.69, 9.17) is 0 Å². The van der Waals surface area contributed by atoms with Gasteiger partial charge in [0, 0.05) is 17.5 Å². The van der Waals surface area contributed by atoms with E-state index in [0.717, 1.165) is 17.8 Å². The van der Waals surface area contributed by atoms with Gasteiger partial charge >= 0.3 is 0 Å². The molecule has 0 bridgehead atoms. The molecule has 1 aromatic heterocycles. The van der Waals surface area contributed by atoms with Gasteiger partial charge in [-0.05, 0) is 23.3 Å². The highest BCUT2D eigenvalue weighted by Crippen LogP contribution is 2.22. The van der Waals surface area contributed by atoms with Crippen molar-refractivity contribution in [1.82, 2.24) is 9.97 Å². The minimum atomic E-state index is 0.951. The number of aryl methyl sites for hydroxylation is 1. The summed E-state index contributed by atoms with van der Waals surface area (Å²) in [7, 11) is 0. The van der Waals surface area contributed by atoms with E-state index in [-0.39, 0.29) is 0 Å². The monoisotopic (exact) mass is 222 g/mol.